The Kier molecular flexibility index (Phi) is 6.14. The highest BCUT2D eigenvalue weighted by molar-refractivity contribution is 6.04. The summed E-state index contributed by atoms with van der Waals surface area (Å²) in [6, 6.07) is 7.04. The highest BCUT2D eigenvalue weighted by atomic mass is 16.5. The molecule has 6 nitrogen and oxygen atoms in total. The first-order chi connectivity index (χ1) is 13.0. The Labute approximate surface area is 160 Å². The summed E-state index contributed by atoms with van der Waals surface area (Å²) in [4.78, 5) is 38.8. The van der Waals surface area contributed by atoms with Gasteiger partial charge in [0.25, 0.3) is 5.91 Å². The van der Waals surface area contributed by atoms with Crippen LogP contribution in [-0.4, -0.2) is 36.5 Å². The average Bonchev–Trinajstić information content (AvgIpc) is 3.09. The lowest BCUT2D eigenvalue weighted by molar-refractivity contribution is -0.130. The molecule has 27 heavy (non-hydrogen) atoms. The van der Waals surface area contributed by atoms with E-state index in [1.807, 2.05) is 0 Å². The van der Waals surface area contributed by atoms with E-state index in [4.69, 9.17) is 4.74 Å². The summed E-state index contributed by atoms with van der Waals surface area (Å²) in [5.74, 6) is -0.402. The number of ether oxygens (including phenoxy) is 1. The van der Waals surface area contributed by atoms with Gasteiger partial charge >= 0.3 is 5.97 Å². The number of nitrogens with one attached hydrogen (secondary N) is 1. The SMILES string of the molecule is C[C@@H](OC(=O)c1ccccc1N1CCCC1=O)C(=O)N[C@H]1CCCC[C@@H]1C. The number of hydrogen-bond donors (Lipinski definition) is 1. The fourth-order valence-corrected chi connectivity index (χ4v) is 3.89. The minimum Gasteiger partial charge on any atom is -0.449 e. The summed E-state index contributed by atoms with van der Waals surface area (Å²) in [6.07, 6.45) is 4.77. The standard InChI is InChI=1S/C21H28N2O4/c1-14-8-3-5-10-17(14)22-20(25)15(2)27-21(26)16-9-4-6-11-18(16)23-13-7-12-19(23)24/h4,6,9,11,14-15,17H,3,5,7-8,10,12-13H2,1-2H3,(H,22,25)/t14-,15+,17-/m0/s1. The number of carbonyl (C=O) groups is 3. The van der Waals surface area contributed by atoms with Crippen LogP contribution >= 0.6 is 0 Å². The fraction of sp³-hybridized carbons (Fsp3) is 0.571. The van der Waals surface area contributed by atoms with E-state index in [2.05, 4.69) is 12.2 Å². The lowest BCUT2D eigenvalue weighted by atomic mass is 9.86. The van der Waals surface area contributed by atoms with Gasteiger partial charge in [-0.1, -0.05) is 31.9 Å². The number of rotatable bonds is 5. The Hall–Kier alpha value is -2.37. The number of benzene rings is 1. The molecular formula is C21H28N2O4. The predicted molar refractivity (Wildman–Crippen MR) is 102 cm³/mol. The smallest absolute Gasteiger partial charge is 0.341 e. The van der Waals surface area contributed by atoms with Crippen molar-refractivity contribution >= 4 is 23.5 Å². The van der Waals surface area contributed by atoms with Gasteiger partial charge in [0, 0.05) is 19.0 Å². The second kappa shape index (κ2) is 8.55. The normalized spacial score (nSPS) is 23.8. The summed E-state index contributed by atoms with van der Waals surface area (Å²) < 4.78 is 5.42. The van der Waals surface area contributed by atoms with Crippen molar-refractivity contribution in [1.29, 1.82) is 0 Å². The van der Waals surface area contributed by atoms with Crippen LogP contribution in [0.25, 0.3) is 0 Å². The fourth-order valence-electron chi connectivity index (χ4n) is 3.89. The highest BCUT2D eigenvalue weighted by Crippen LogP contribution is 2.27. The summed E-state index contributed by atoms with van der Waals surface area (Å²) in [5.41, 5.74) is 0.872. The van der Waals surface area contributed by atoms with E-state index in [1.54, 1.807) is 36.1 Å². The Morgan fingerprint density at radius 2 is 1.93 bits per heavy atom. The molecule has 6 heteroatoms. The Balaban J connectivity index is 1.64. The molecule has 2 fully saturated rings. The zero-order valence-corrected chi connectivity index (χ0v) is 16.1. The minimum absolute atomic E-state index is 0.00678. The third kappa shape index (κ3) is 4.49. The third-order valence-corrected chi connectivity index (χ3v) is 5.58. The lowest BCUT2D eigenvalue weighted by Crippen LogP contribution is -2.46. The average molecular weight is 372 g/mol. The van der Waals surface area contributed by atoms with Crippen LogP contribution < -0.4 is 10.2 Å². The van der Waals surface area contributed by atoms with Crippen LogP contribution in [0.2, 0.25) is 0 Å². The molecule has 3 rings (SSSR count). The van der Waals surface area contributed by atoms with E-state index in [1.165, 1.54) is 6.42 Å². The number of anilines is 1. The zero-order valence-electron chi connectivity index (χ0n) is 16.1. The van der Waals surface area contributed by atoms with Gasteiger partial charge in [-0.05, 0) is 44.2 Å². The summed E-state index contributed by atoms with van der Waals surface area (Å²) in [7, 11) is 0. The molecule has 2 aliphatic rings. The number of carbonyl (C=O) groups excluding carboxylic acids is 3. The highest BCUT2D eigenvalue weighted by Gasteiger charge is 2.29. The van der Waals surface area contributed by atoms with Crippen LogP contribution in [0, 0.1) is 5.92 Å². The Morgan fingerprint density at radius 3 is 2.63 bits per heavy atom. The Bertz CT molecular complexity index is 718. The molecule has 0 radical (unpaired) electrons. The maximum Gasteiger partial charge on any atom is 0.341 e. The number of amides is 2. The number of esters is 1. The quantitative estimate of drug-likeness (QED) is 0.806. The summed E-state index contributed by atoms with van der Waals surface area (Å²) >= 11 is 0. The first-order valence-corrected chi connectivity index (χ1v) is 9.88. The minimum atomic E-state index is -0.881. The van der Waals surface area contributed by atoms with Gasteiger partial charge in [0.15, 0.2) is 6.10 Å². The number of hydrogen-bond acceptors (Lipinski definition) is 4. The van der Waals surface area contributed by atoms with Crippen LogP contribution in [0.15, 0.2) is 24.3 Å². The molecule has 1 heterocycles. The molecule has 0 bridgehead atoms. The van der Waals surface area contributed by atoms with Gasteiger partial charge in [-0.2, -0.15) is 0 Å². The molecule has 1 aliphatic carbocycles. The molecule has 1 N–H and O–H groups in total. The summed E-state index contributed by atoms with van der Waals surface area (Å²) in [5, 5.41) is 3.02. The van der Waals surface area contributed by atoms with E-state index >= 15 is 0 Å². The molecule has 1 aliphatic heterocycles. The van der Waals surface area contributed by atoms with Crippen LogP contribution in [0.4, 0.5) is 5.69 Å². The van der Waals surface area contributed by atoms with Crippen molar-refractivity contribution in [3.63, 3.8) is 0 Å². The van der Waals surface area contributed by atoms with Crippen LogP contribution in [-0.2, 0) is 14.3 Å². The van der Waals surface area contributed by atoms with Gasteiger partial charge in [0.1, 0.15) is 0 Å². The van der Waals surface area contributed by atoms with Crippen molar-refractivity contribution < 1.29 is 19.1 Å². The molecule has 1 saturated carbocycles. The molecule has 146 valence electrons. The molecule has 1 aromatic rings. The number of para-hydroxylation sites is 1. The third-order valence-electron chi connectivity index (χ3n) is 5.58. The molecule has 1 aromatic carbocycles. The topological polar surface area (TPSA) is 75.7 Å². The Morgan fingerprint density at radius 1 is 1.19 bits per heavy atom. The largest absolute Gasteiger partial charge is 0.449 e. The molecule has 0 unspecified atom stereocenters. The summed E-state index contributed by atoms with van der Waals surface area (Å²) in [6.45, 7) is 4.33. The van der Waals surface area contributed by atoms with Gasteiger partial charge in [-0.25, -0.2) is 4.79 Å². The van der Waals surface area contributed by atoms with Gasteiger partial charge in [-0.15, -0.1) is 0 Å². The van der Waals surface area contributed by atoms with Gasteiger partial charge in [0.2, 0.25) is 5.91 Å². The van der Waals surface area contributed by atoms with Crippen molar-refractivity contribution in [3.05, 3.63) is 29.8 Å². The first kappa shape index (κ1) is 19.4. The second-order valence-corrected chi connectivity index (χ2v) is 7.59. The lowest BCUT2D eigenvalue weighted by Gasteiger charge is -2.30. The first-order valence-electron chi connectivity index (χ1n) is 9.88. The van der Waals surface area contributed by atoms with Crippen molar-refractivity contribution in [3.8, 4) is 0 Å². The predicted octanol–water partition coefficient (Wildman–Crippen LogP) is 3.05. The van der Waals surface area contributed by atoms with Crippen molar-refractivity contribution in [1.82, 2.24) is 5.32 Å². The van der Waals surface area contributed by atoms with Gasteiger partial charge in [0.05, 0.1) is 11.3 Å². The zero-order chi connectivity index (χ0) is 19.4. The molecule has 0 aromatic heterocycles. The maximum absolute atomic E-state index is 12.7. The van der Waals surface area contributed by atoms with E-state index < -0.39 is 12.1 Å². The van der Waals surface area contributed by atoms with E-state index in [9.17, 15) is 14.4 Å². The van der Waals surface area contributed by atoms with Crippen molar-refractivity contribution in [2.45, 2.75) is 64.5 Å². The van der Waals surface area contributed by atoms with Crippen molar-refractivity contribution in [2.75, 3.05) is 11.4 Å². The van der Waals surface area contributed by atoms with E-state index in [-0.39, 0.29) is 17.9 Å². The maximum atomic E-state index is 12.7. The van der Waals surface area contributed by atoms with E-state index in [0.29, 0.717) is 30.1 Å². The van der Waals surface area contributed by atoms with E-state index in [0.717, 1.165) is 25.7 Å². The molecular weight excluding hydrogens is 344 g/mol. The van der Waals surface area contributed by atoms with Crippen LogP contribution in [0.3, 0.4) is 0 Å². The van der Waals surface area contributed by atoms with Gasteiger partial charge < -0.3 is 15.0 Å². The molecule has 0 spiro atoms. The van der Waals surface area contributed by atoms with Crippen molar-refractivity contribution in [2.24, 2.45) is 5.92 Å². The monoisotopic (exact) mass is 372 g/mol. The van der Waals surface area contributed by atoms with Crippen LogP contribution in [0.5, 0.6) is 0 Å². The molecule has 3 atom stereocenters. The van der Waals surface area contributed by atoms with Gasteiger partial charge in [-0.3, -0.25) is 9.59 Å². The number of nitrogens with zero attached hydrogens (tertiary/aromatic N) is 1. The second-order valence-electron chi connectivity index (χ2n) is 7.59. The molecule has 1 saturated heterocycles. The molecule has 2 amide bonds. The van der Waals surface area contributed by atoms with Crippen LogP contribution in [0.1, 0.15) is 62.7 Å².